The van der Waals surface area contributed by atoms with E-state index in [1.165, 1.54) is 0 Å². The molecule has 1 nitrogen and oxygen atoms in total. The van der Waals surface area contributed by atoms with Gasteiger partial charge in [0.15, 0.2) is 12.3 Å². The highest BCUT2D eigenvalue weighted by Gasteiger charge is 2.13. The minimum absolute atomic E-state index is 0.815. The van der Waals surface area contributed by atoms with Crippen LogP contribution in [0, 0.1) is 0 Å². The molecule has 1 rings (SSSR count). The second kappa shape index (κ2) is 1.53. The van der Waals surface area contributed by atoms with E-state index >= 15 is 0 Å². The molecule has 0 aliphatic carbocycles. The average molecular weight is 101 g/mol. The molecule has 0 atom stereocenters. The maximum absolute atomic E-state index is 10.3. The molecule has 0 amide bonds. The quantitative estimate of drug-likeness (QED) is 0.333. The van der Waals surface area contributed by atoms with Crippen molar-refractivity contribution >= 4 is 7.80 Å². The van der Waals surface area contributed by atoms with Crippen LogP contribution in [0.3, 0.4) is 0 Å². The zero-order valence-electron chi connectivity index (χ0n) is 3.42. The van der Waals surface area contributed by atoms with Crippen LogP contribution in [0.1, 0.15) is 0 Å². The SMILES string of the molecule is O=[P+]1CC=CC1. The largest absolute Gasteiger partial charge is 0.346 e. The number of rotatable bonds is 0. The summed E-state index contributed by atoms with van der Waals surface area (Å²) in [6.45, 7) is 0. The van der Waals surface area contributed by atoms with E-state index in [1.807, 2.05) is 12.2 Å². The second-order valence-corrected chi connectivity index (χ2v) is 3.01. The van der Waals surface area contributed by atoms with Gasteiger partial charge in [-0.05, 0) is 12.2 Å². The topological polar surface area (TPSA) is 17.1 Å². The third-order valence-corrected chi connectivity index (χ3v) is 2.02. The molecule has 1 heterocycles. The Balaban J connectivity index is 2.52. The highest BCUT2D eigenvalue weighted by molar-refractivity contribution is 7.45. The maximum Gasteiger partial charge on any atom is 0.346 e. The Hall–Kier alpha value is -0.160. The smallest absolute Gasteiger partial charge is 0.0741 e. The van der Waals surface area contributed by atoms with Gasteiger partial charge in [0.05, 0.1) is 0 Å². The molecule has 0 radical (unpaired) electrons. The Morgan fingerprint density at radius 2 is 1.83 bits per heavy atom. The molecule has 0 spiro atoms. The standard InChI is InChI=1S/C4H6OP/c5-6-3-1-2-4-6/h1-2H,3-4H2/q+1. The lowest BCUT2D eigenvalue weighted by Gasteiger charge is -1.56. The zero-order chi connectivity index (χ0) is 4.41. The van der Waals surface area contributed by atoms with Crippen molar-refractivity contribution in [3.8, 4) is 0 Å². The Labute approximate surface area is 37.8 Å². The first-order valence-corrected chi connectivity index (χ1v) is 3.59. The summed E-state index contributed by atoms with van der Waals surface area (Å²) in [7, 11) is -0.826. The molecule has 1 aliphatic heterocycles. The molecule has 0 saturated heterocycles. The van der Waals surface area contributed by atoms with Gasteiger partial charge in [0, 0.05) is 0 Å². The third-order valence-electron chi connectivity index (χ3n) is 0.785. The van der Waals surface area contributed by atoms with Gasteiger partial charge >= 0.3 is 7.80 Å². The minimum Gasteiger partial charge on any atom is -0.0741 e. The van der Waals surface area contributed by atoms with Gasteiger partial charge in [-0.2, -0.15) is 0 Å². The molecule has 32 valence electrons. The lowest BCUT2D eigenvalue weighted by molar-refractivity contribution is 0.592. The first-order valence-electron chi connectivity index (χ1n) is 1.96. The van der Waals surface area contributed by atoms with Crippen LogP contribution < -0.4 is 0 Å². The molecule has 0 aromatic carbocycles. The predicted molar refractivity (Wildman–Crippen MR) is 26.5 cm³/mol. The summed E-state index contributed by atoms with van der Waals surface area (Å²) in [4.78, 5) is 0. The highest BCUT2D eigenvalue weighted by Crippen LogP contribution is 2.24. The molecule has 0 N–H and O–H groups in total. The normalized spacial score (nSPS) is 19.7. The van der Waals surface area contributed by atoms with Gasteiger partial charge < -0.3 is 0 Å². The van der Waals surface area contributed by atoms with Gasteiger partial charge in [0.1, 0.15) is 0 Å². The molecule has 0 saturated carbocycles. The van der Waals surface area contributed by atoms with Gasteiger partial charge in [-0.15, -0.1) is 0 Å². The van der Waals surface area contributed by atoms with Gasteiger partial charge in [0.25, 0.3) is 0 Å². The fraction of sp³-hybridized carbons (Fsp3) is 0.500. The molecular weight excluding hydrogens is 95.0 g/mol. The van der Waals surface area contributed by atoms with E-state index in [4.69, 9.17) is 0 Å². The van der Waals surface area contributed by atoms with E-state index in [0.29, 0.717) is 0 Å². The lowest BCUT2D eigenvalue weighted by Crippen LogP contribution is -1.57. The maximum atomic E-state index is 10.3. The van der Waals surface area contributed by atoms with Crippen LogP contribution in [0.2, 0.25) is 0 Å². The van der Waals surface area contributed by atoms with Gasteiger partial charge in [-0.3, -0.25) is 0 Å². The molecule has 6 heavy (non-hydrogen) atoms. The summed E-state index contributed by atoms with van der Waals surface area (Å²) < 4.78 is 10.3. The van der Waals surface area contributed by atoms with E-state index in [0.717, 1.165) is 12.3 Å². The molecule has 0 unspecified atom stereocenters. The Kier molecular flexibility index (Phi) is 1.02. The monoisotopic (exact) mass is 101 g/mol. The van der Waals surface area contributed by atoms with Crippen molar-refractivity contribution in [1.29, 1.82) is 0 Å². The molecule has 0 aromatic heterocycles. The molecule has 1 aliphatic rings. The number of allylic oxidation sites excluding steroid dienone is 2. The van der Waals surface area contributed by atoms with Gasteiger partial charge in [0.2, 0.25) is 0 Å². The summed E-state index contributed by atoms with van der Waals surface area (Å²) in [6, 6.07) is 0. The lowest BCUT2D eigenvalue weighted by atomic mass is 10.6. The molecule has 0 aromatic rings. The fourth-order valence-corrected chi connectivity index (χ4v) is 1.38. The van der Waals surface area contributed by atoms with Crippen molar-refractivity contribution in [2.24, 2.45) is 0 Å². The van der Waals surface area contributed by atoms with Crippen molar-refractivity contribution < 1.29 is 4.57 Å². The van der Waals surface area contributed by atoms with Crippen LogP contribution in [0.4, 0.5) is 0 Å². The van der Waals surface area contributed by atoms with Crippen molar-refractivity contribution in [3.05, 3.63) is 12.2 Å². The summed E-state index contributed by atoms with van der Waals surface area (Å²) in [5.74, 6) is 0. The van der Waals surface area contributed by atoms with Gasteiger partial charge in [-0.1, -0.05) is 4.57 Å². The minimum atomic E-state index is -0.826. The van der Waals surface area contributed by atoms with Crippen LogP contribution in [0.15, 0.2) is 12.2 Å². The van der Waals surface area contributed by atoms with Crippen LogP contribution in [-0.2, 0) is 4.57 Å². The predicted octanol–water partition coefficient (Wildman–Crippen LogP) is 1.38. The van der Waals surface area contributed by atoms with E-state index in [-0.39, 0.29) is 0 Å². The first-order chi connectivity index (χ1) is 2.89. The summed E-state index contributed by atoms with van der Waals surface area (Å²) in [6.07, 6.45) is 5.57. The van der Waals surface area contributed by atoms with Crippen LogP contribution in [0.25, 0.3) is 0 Å². The second-order valence-electron chi connectivity index (χ2n) is 1.32. The van der Waals surface area contributed by atoms with Crippen LogP contribution in [-0.4, -0.2) is 12.3 Å². The van der Waals surface area contributed by atoms with Gasteiger partial charge in [-0.25, -0.2) is 0 Å². The Bertz CT molecular complexity index is 85.7. The highest BCUT2D eigenvalue weighted by atomic mass is 31.1. The fourth-order valence-electron chi connectivity index (χ4n) is 0.459. The molecule has 2 heteroatoms. The van der Waals surface area contributed by atoms with Crippen LogP contribution >= 0.6 is 7.80 Å². The van der Waals surface area contributed by atoms with E-state index in [9.17, 15) is 4.57 Å². The Morgan fingerprint density at radius 1 is 1.33 bits per heavy atom. The van der Waals surface area contributed by atoms with Crippen molar-refractivity contribution in [1.82, 2.24) is 0 Å². The van der Waals surface area contributed by atoms with Crippen molar-refractivity contribution in [3.63, 3.8) is 0 Å². The molecular formula is C4H6OP+. The third kappa shape index (κ3) is 0.662. The van der Waals surface area contributed by atoms with Crippen LogP contribution in [0.5, 0.6) is 0 Å². The summed E-state index contributed by atoms with van der Waals surface area (Å²) in [5.41, 5.74) is 0. The Morgan fingerprint density at radius 3 is 2.00 bits per heavy atom. The zero-order valence-corrected chi connectivity index (χ0v) is 4.32. The summed E-state index contributed by atoms with van der Waals surface area (Å²) in [5, 5.41) is 0. The van der Waals surface area contributed by atoms with Crippen molar-refractivity contribution in [2.45, 2.75) is 0 Å². The molecule has 0 fully saturated rings. The van der Waals surface area contributed by atoms with Crippen molar-refractivity contribution in [2.75, 3.05) is 12.3 Å². The first kappa shape index (κ1) is 4.01. The van der Waals surface area contributed by atoms with E-state index in [2.05, 4.69) is 0 Å². The molecule has 0 bridgehead atoms. The number of hydrogen-bond donors (Lipinski definition) is 0. The number of hydrogen-bond acceptors (Lipinski definition) is 1. The van der Waals surface area contributed by atoms with E-state index < -0.39 is 7.80 Å². The van der Waals surface area contributed by atoms with E-state index in [1.54, 1.807) is 0 Å². The average Bonchev–Trinajstić information content (AvgIpc) is 1.86. The summed E-state index contributed by atoms with van der Waals surface area (Å²) >= 11 is 0.